The Morgan fingerprint density at radius 1 is 1.44 bits per heavy atom. The van der Waals surface area contributed by atoms with Crippen LogP contribution in [0.2, 0.25) is 0 Å². The summed E-state index contributed by atoms with van der Waals surface area (Å²) >= 11 is 0. The van der Waals surface area contributed by atoms with Crippen LogP contribution in [0.5, 0.6) is 0 Å². The molecule has 0 radical (unpaired) electrons. The largest absolute Gasteiger partial charge is 0.478 e. The minimum Gasteiger partial charge on any atom is -0.478 e. The van der Waals surface area contributed by atoms with Crippen LogP contribution < -0.4 is 11.1 Å². The number of primary amides is 1. The third-order valence-electron chi connectivity index (χ3n) is 2.27. The van der Waals surface area contributed by atoms with Crippen molar-refractivity contribution in [3.63, 3.8) is 0 Å². The first-order valence-corrected chi connectivity index (χ1v) is 4.81. The van der Waals surface area contributed by atoms with Crippen LogP contribution >= 0.6 is 0 Å². The van der Waals surface area contributed by atoms with Crippen molar-refractivity contribution in [1.29, 1.82) is 0 Å². The summed E-state index contributed by atoms with van der Waals surface area (Å²) in [5, 5.41) is 11.7. The van der Waals surface area contributed by atoms with Crippen LogP contribution in [0.25, 0.3) is 0 Å². The highest BCUT2D eigenvalue weighted by Crippen LogP contribution is 2.15. The quantitative estimate of drug-likeness (QED) is 0.708. The summed E-state index contributed by atoms with van der Waals surface area (Å²) in [4.78, 5) is 21.6. The standard InChI is InChI=1S/C11H14N2O3/c1-6-5-8(13-7(2)10(12)14)3-4-9(6)11(15)16/h3-5,7,13H,1-2H3,(H2,12,14)(H,15,16). The second-order valence-electron chi connectivity index (χ2n) is 3.60. The zero-order chi connectivity index (χ0) is 12.3. The summed E-state index contributed by atoms with van der Waals surface area (Å²) in [5.74, 6) is -1.42. The number of nitrogens with two attached hydrogens (primary N) is 1. The molecule has 1 rings (SSSR count). The molecule has 86 valence electrons. The Labute approximate surface area is 93.3 Å². The summed E-state index contributed by atoms with van der Waals surface area (Å²) < 4.78 is 0. The van der Waals surface area contributed by atoms with E-state index in [-0.39, 0.29) is 5.56 Å². The number of carboxylic acids is 1. The summed E-state index contributed by atoms with van der Waals surface area (Å²) in [6.07, 6.45) is 0. The van der Waals surface area contributed by atoms with Crippen molar-refractivity contribution >= 4 is 17.6 Å². The number of amides is 1. The fraction of sp³-hybridized carbons (Fsp3) is 0.273. The lowest BCUT2D eigenvalue weighted by Crippen LogP contribution is -2.32. The van der Waals surface area contributed by atoms with Gasteiger partial charge >= 0.3 is 5.97 Å². The maximum Gasteiger partial charge on any atom is 0.335 e. The summed E-state index contributed by atoms with van der Waals surface area (Å²) in [5.41, 5.74) is 6.66. The van der Waals surface area contributed by atoms with Crippen LogP contribution in [0.15, 0.2) is 18.2 Å². The second-order valence-corrected chi connectivity index (χ2v) is 3.60. The van der Waals surface area contributed by atoms with Crippen molar-refractivity contribution in [1.82, 2.24) is 0 Å². The highest BCUT2D eigenvalue weighted by atomic mass is 16.4. The fourth-order valence-corrected chi connectivity index (χ4v) is 1.31. The van der Waals surface area contributed by atoms with Gasteiger partial charge in [0.05, 0.1) is 5.56 Å². The monoisotopic (exact) mass is 222 g/mol. The first-order chi connectivity index (χ1) is 7.41. The third kappa shape index (κ3) is 2.73. The Kier molecular flexibility index (Phi) is 3.50. The van der Waals surface area contributed by atoms with E-state index in [1.54, 1.807) is 26.0 Å². The van der Waals surface area contributed by atoms with E-state index in [1.807, 2.05) is 0 Å². The Morgan fingerprint density at radius 2 is 2.06 bits per heavy atom. The van der Waals surface area contributed by atoms with Crippen molar-refractivity contribution in [2.75, 3.05) is 5.32 Å². The minimum absolute atomic E-state index is 0.247. The van der Waals surface area contributed by atoms with E-state index in [0.717, 1.165) is 0 Å². The minimum atomic E-state index is -0.966. The number of carbonyl (C=O) groups excluding carboxylic acids is 1. The van der Waals surface area contributed by atoms with E-state index >= 15 is 0 Å². The molecular weight excluding hydrogens is 208 g/mol. The van der Waals surface area contributed by atoms with Gasteiger partial charge in [-0.3, -0.25) is 4.79 Å². The lowest BCUT2D eigenvalue weighted by Gasteiger charge is -2.12. The number of aryl methyl sites for hydroxylation is 1. The zero-order valence-electron chi connectivity index (χ0n) is 9.15. The number of anilines is 1. The molecule has 1 atom stereocenters. The van der Waals surface area contributed by atoms with Gasteiger partial charge in [0.1, 0.15) is 6.04 Å². The van der Waals surface area contributed by atoms with E-state index in [1.165, 1.54) is 6.07 Å². The first kappa shape index (κ1) is 12.0. The second kappa shape index (κ2) is 4.65. The molecule has 1 aromatic rings. The van der Waals surface area contributed by atoms with Gasteiger partial charge in [-0.1, -0.05) is 0 Å². The van der Waals surface area contributed by atoms with Crippen molar-refractivity contribution in [3.8, 4) is 0 Å². The van der Waals surface area contributed by atoms with Crippen molar-refractivity contribution in [2.24, 2.45) is 5.73 Å². The Hall–Kier alpha value is -2.04. The number of carboxylic acid groups (broad SMARTS) is 1. The Morgan fingerprint density at radius 3 is 2.50 bits per heavy atom. The average molecular weight is 222 g/mol. The number of carbonyl (C=O) groups is 2. The van der Waals surface area contributed by atoms with Crippen molar-refractivity contribution in [3.05, 3.63) is 29.3 Å². The summed E-state index contributed by atoms with van der Waals surface area (Å²) in [7, 11) is 0. The highest BCUT2D eigenvalue weighted by molar-refractivity contribution is 5.90. The van der Waals surface area contributed by atoms with Gasteiger partial charge in [-0.25, -0.2) is 4.79 Å². The predicted octanol–water partition coefficient (Wildman–Crippen LogP) is 0.979. The predicted molar refractivity (Wildman–Crippen MR) is 60.4 cm³/mol. The molecule has 0 bridgehead atoms. The number of nitrogens with one attached hydrogen (secondary N) is 1. The lowest BCUT2D eigenvalue weighted by atomic mass is 10.1. The lowest BCUT2D eigenvalue weighted by molar-refractivity contribution is -0.118. The molecule has 5 heteroatoms. The first-order valence-electron chi connectivity index (χ1n) is 4.81. The molecule has 1 amide bonds. The number of hydrogen-bond acceptors (Lipinski definition) is 3. The SMILES string of the molecule is Cc1cc(NC(C)C(N)=O)ccc1C(=O)O. The van der Waals surface area contributed by atoms with E-state index in [0.29, 0.717) is 11.3 Å². The molecule has 0 aromatic heterocycles. The topological polar surface area (TPSA) is 92.4 Å². The van der Waals surface area contributed by atoms with Gasteiger partial charge in [-0.05, 0) is 37.6 Å². The van der Waals surface area contributed by atoms with Gasteiger partial charge in [-0.2, -0.15) is 0 Å². The van der Waals surface area contributed by atoms with E-state index in [4.69, 9.17) is 10.8 Å². The zero-order valence-corrected chi connectivity index (χ0v) is 9.15. The van der Waals surface area contributed by atoms with Gasteiger partial charge in [0.2, 0.25) is 5.91 Å². The molecule has 4 N–H and O–H groups in total. The molecule has 0 aliphatic rings. The van der Waals surface area contributed by atoms with Crippen molar-refractivity contribution in [2.45, 2.75) is 19.9 Å². The van der Waals surface area contributed by atoms with Crippen LogP contribution in [0.1, 0.15) is 22.8 Å². The van der Waals surface area contributed by atoms with E-state index in [9.17, 15) is 9.59 Å². The number of rotatable bonds is 4. The molecule has 1 unspecified atom stereocenters. The molecule has 1 aromatic carbocycles. The molecule has 0 aliphatic heterocycles. The molecule has 0 aliphatic carbocycles. The number of hydrogen-bond donors (Lipinski definition) is 3. The van der Waals surface area contributed by atoms with Gasteiger partial charge < -0.3 is 16.2 Å². The Bertz CT molecular complexity index is 429. The molecule has 0 heterocycles. The fourth-order valence-electron chi connectivity index (χ4n) is 1.31. The van der Waals surface area contributed by atoms with Gasteiger partial charge in [0, 0.05) is 5.69 Å². The van der Waals surface area contributed by atoms with Crippen LogP contribution in [-0.4, -0.2) is 23.0 Å². The number of benzene rings is 1. The third-order valence-corrected chi connectivity index (χ3v) is 2.27. The molecule has 0 fully saturated rings. The van der Waals surface area contributed by atoms with Crippen LogP contribution in [0.3, 0.4) is 0 Å². The maximum absolute atomic E-state index is 10.8. The van der Waals surface area contributed by atoms with Crippen LogP contribution in [0, 0.1) is 6.92 Å². The number of aromatic carboxylic acids is 1. The van der Waals surface area contributed by atoms with Crippen LogP contribution in [-0.2, 0) is 4.79 Å². The van der Waals surface area contributed by atoms with E-state index < -0.39 is 17.9 Å². The van der Waals surface area contributed by atoms with Crippen molar-refractivity contribution < 1.29 is 14.7 Å². The molecule has 5 nitrogen and oxygen atoms in total. The molecule has 0 saturated heterocycles. The molecule has 16 heavy (non-hydrogen) atoms. The smallest absolute Gasteiger partial charge is 0.335 e. The van der Waals surface area contributed by atoms with Gasteiger partial charge in [-0.15, -0.1) is 0 Å². The van der Waals surface area contributed by atoms with Gasteiger partial charge in [0.25, 0.3) is 0 Å². The molecular formula is C11H14N2O3. The Balaban J connectivity index is 2.89. The maximum atomic E-state index is 10.8. The van der Waals surface area contributed by atoms with Crippen LogP contribution in [0.4, 0.5) is 5.69 Å². The van der Waals surface area contributed by atoms with E-state index in [2.05, 4.69) is 5.32 Å². The summed E-state index contributed by atoms with van der Waals surface area (Å²) in [6.45, 7) is 3.34. The highest BCUT2D eigenvalue weighted by Gasteiger charge is 2.10. The van der Waals surface area contributed by atoms with Gasteiger partial charge in [0.15, 0.2) is 0 Å². The normalized spacial score (nSPS) is 11.9. The summed E-state index contributed by atoms with van der Waals surface area (Å²) in [6, 6.07) is 4.28. The average Bonchev–Trinajstić information content (AvgIpc) is 2.16. The molecule has 0 saturated carbocycles. The molecule has 0 spiro atoms.